The van der Waals surface area contributed by atoms with Crippen LogP contribution in [0.4, 0.5) is 0 Å². The molecule has 23 heavy (non-hydrogen) atoms. The third kappa shape index (κ3) is 6.59. The van der Waals surface area contributed by atoms with Crippen molar-refractivity contribution in [3.8, 4) is 0 Å². The molecule has 0 spiro atoms. The highest BCUT2D eigenvalue weighted by atomic mass is 16.5. The van der Waals surface area contributed by atoms with Crippen molar-refractivity contribution in [1.82, 2.24) is 15.5 Å². The van der Waals surface area contributed by atoms with E-state index in [2.05, 4.69) is 65.6 Å². The molecule has 128 valence electrons. The predicted octanol–water partition coefficient (Wildman–Crippen LogP) is 1.98. The zero-order valence-corrected chi connectivity index (χ0v) is 14.6. The third-order valence-corrected chi connectivity index (χ3v) is 3.69. The molecule has 0 bridgehead atoms. The molecule has 5 nitrogen and oxygen atoms in total. The first kappa shape index (κ1) is 17.8. The maximum absolute atomic E-state index is 5.41. The van der Waals surface area contributed by atoms with Crippen LogP contribution in [0.1, 0.15) is 31.9 Å². The Balaban J connectivity index is 1.95. The fourth-order valence-electron chi connectivity index (χ4n) is 2.61. The molecule has 1 fully saturated rings. The molecule has 0 amide bonds. The summed E-state index contributed by atoms with van der Waals surface area (Å²) in [6.07, 6.45) is 0. The van der Waals surface area contributed by atoms with Crippen LogP contribution in [-0.2, 0) is 17.8 Å². The summed E-state index contributed by atoms with van der Waals surface area (Å²) in [5, 5.41) is 6.63. The average Bonchev–Trinajstić information content (AvgIpc) is 2.54. The summed E-state index contributed by atoms with van der Waals surface area (Å²) in [7, 11) is 0. The summed E-state index contributed by atoms with van der Waals surface area (Å²) in [6, 6.07) is 9.10. The van der Waals surface area contributed by atoms with Crippen LogP contribution in [0.5, 0.6) is 0 Å². The predicted molar refractivity (Wildman–Crippen MR) is 95.6 cm³/mol. The lowest BCUT2D eigenvalue weighted by Crippen LogP contribution is -2.41. The van der Waals surface area contributed by atoms with E-state index >= 15 is 0 Å². The second-order valence-corrected chi connectivity index (χ2v) is 6.20. The molecule has 0 saturated carbocycles. The van der Waals surface area contributed by atoms with Crippen molar-refractivity contribution >= 4 is 5.96 Å². The Labute approximate surface area is 140 Å². The first-order valence-electron chi connectivity index (χ1n) is 8.60. The minimum atomic E-state index is 0.375. The van der Waals surface area contributed by atoms with Crippen LogP contribution < -0.4 is 10.6 Å². The van der Waals surface area contributed by atoms with Gasteiger partial charge in [-0.2, -0.15) is 0 Å². The summed E-state index contributed by atoms with van der Waals surface area (Å²) < 4.78 is 5.41. The Kier molecular flexibility index (Phi) is 7.36. The van der Waals surface area contributed by atoms with Gasteiger partial charge in [-0.15, -0.1) is 0 Å². The molecule has 0 unspecified atom stereocenters. The largest absolute Gasteiger partial charge is 0.379 e. The molecule has 0 atom stereocenters. The molecule has 1 saturated heterocycles. The molecule has 0 aliphatic carbocycles. The number of benzene rings is 1. The minimum absolute atomic E-state index is 0.375. The second kappa shape index (κ2) is 9.53. The number of morpholine rings is 1. The maximum atomic E-state index is 5.41. The maximum Gasteiger partial charge on any atom is 0.191 e. The molecule has 2 N–H and O–H groups in total. The molecular weight excluding hydrogens is 288 g/mol. The first-order chi connectivity index (χ1) is 11.2. The Morgan fingerprint density at radius 3 is 2.70 bits per heavy atom. The van der Waals surface area contributed by atoms with E-state index in [0.717, 1.165) is 45.4 Å². The van der Waals surface area contributed by atoms with Gasteiger partial charge in [0.15, 0.2) is 5.96 Å². The number of hydrogen-bond donors (Lipinski definition) is 2. The van der Waals surface area contributed by atoms with Gasteiger partial charge in [0.2, 0.25) is 0 Å². The van der Waals surface area contributed by atoms with Crippen molar-refractivity contribution in [2.45, 2.75) is 39.9 Å². The number of nitrogens with zero attached hydrogens (tertiary/aromatic N) is 2. The van der Waals surface area contributed by atoms with Gasteiger partial charge in [-0.3, -0.25) is 4.90 Å². The van der Waals surface area contributed by atoms with Gasteiger partial charge in [0.1, 0.15) is 0 Å². The summed E-state index contributed by atoms with van der Waals surface area (Å²) in [5.41, 5.74) is 2.60. The van der Waals surface area contributed by atoms with Crippen LogP contribution in [0.25, 0.3) is 0 Å². The first-order valence-corrected chi connectivity index (χ1v) is 8.60. The SMILES string of the molecule is CCNC(=NCc1cccc(CN2CCOCC2)c1)NC(C)C. The molecule has 1 aromatic rings. The average molecular weight is 318 g/mol. The fourth-order valence-corrected chi connectivity index (χ4v) is 2.61. The van der Waals surface area contributed by atoms with Crippen molar-refractivity contribution in [3.05, 3.63) is 35.4 Å². The van der Waals surface area contributed by atoms with E-state index < -0.39 is 0 Å². The molecule has 2 rings (SSSR count). The van der Waals surface area contributed by atoms with E-state index in [-0.39, 0.29) is 0 Å². The molecule has 5 heteroatoms. The van der Waals surface area contributed by atoms with Gasteiger partial charge in [0.25, 0.3) is 0 Å². The zero-order valence-electron chi connectivity index (χ0n) is 14.6. The van der Waals surface area contributed by atoms with E-state index in [1.165, 1.54) is 11.1 Å². The van der Waals surface area contributed by atoms with Crippen molar-refractivity contribution in [2.75, 3.05) is 32.8 Å². The van der Waals surface area contributed by atoms with Crippen molar-refractivity contribution in [3.63, 3.8) is 0 Å². The molecule has 1 heterocycles. The van der Waals surface area contributed by atoms with Gasteiger partial charge in [-0.25, -0.2) is 4.99 Å². The summed E-state index contributed by atoms with van der Waals surface area (Å²) in [4.78, 5) is 7.11. The van der Waals surface area contributed by atoms with Gasteiger partial charge < -0.3 is 15.4 Å². The van der Waals surface area contributed by atoms with Crippen molar-refractivity contribution < 1.29 is 4.74 Å². The summed E-state index contributed by atoms with van der Waals surface area (Å²) in [5.74, 6) is 0.876. The minimum Gasteiger partial charge on any atom is -0.379 e. The van der Waals surface area contributed by atoms with Gasteiger partial charge in [0, 0.05) is 32.2 Å². The topological polar surface area (TPSA) is 48.9 Å². The van der Waals surface area contributed by atoms with Crippen molar-refractivity contribution in [1.29, 1.82) is 0 Å². The second-order valence-electron chi connectivity index (χ2n) is 6.20. The highest BCUT2D eigenvalue weighted by molar-refractivity contribution is 5.79. The molecule has 1 aliphatic rings. The van der Waals surface area contributed by atoms with E-state index in [0.29, 0.717) is 12.6 Å². The lowest BCUT2D eigenvalue weighted by Gasteiger charge is -2.26. The summed E-state index contributed by atoms with van der Waals surface area (Å²) >= 11 is 0. The quantitative estimate of drug-likeness (QED) is 0.622. The Morgan fingerprint density at radius 1 is 1.26 bits per heavy atom. The standard InChI is InChI=1S/C18H30N4O/c1-4-19-18(21-15(2)3)20-13-16-6-5-7-17(12-16)14-22-8-10-23-11-9-22/h5-7,12,15H,4,8-11,13-14H2,1-3H3,(H2,19,20,21). The Bertz CT molecular complexity index is 496. The van der Waals surface area contributed by atoms with Crippen LogP contribution in [-0.4, -0.2) is 49.7 Å². The van der Waals surface area contributed by atoms with Crippen LogP contribution >= 0.6 is 0 Å². The van der Waals surface area contributed by atoms with Crippen LogP contribution in [0.2, 0.25) is 0 Å². The number of rotatable bonds is 6. The smallest absolute Gasteiger partial charge is 0.191 e. The van der Waals surface area contributed by atoms with Gasteiger partial charge in [-0.05, 0) is 31.9 Å². The Morgan fingerprint density at radius 2 is 2.00 bits per heavy atom. The number of guanidine groups is 1. The highest BCUT2D eigenvalue weighted by Gasteiger charge is 2.10. The zero-order chi connectivity index (χ0) is 16.5. The normalized spacial score (nSPS) is 16.6. The van der Waals surface area contributed by atoms with Crippen LogP contribution in [0.15, 0.2) is 29.3 Å². The van der Waals surface area contributed by atoms with Gasteiger partial charge in [0.05, 0.1) is 19.8 Å². The van der Waals surface area contributed by atoms with E-state index in [1.54, 1.807) is 0 Å². The van der Waals surface area contributed by atoms with Crippen LogP contribution in [0.3, 0.4) is 0 Å². The van der Waals surface area contributed by atoms with E-state index in [1.807, 2.05) is 0 Å². The molecule has 1 aromatic carbocycles. The Hall–Kier alpha value is -1.59. The third-order valence-electron chi connectivity index (χ3n) is 3.69. The fraction of sp³-hybridized carbons (Fsp3) is 0.611. The van der Waals surface area contributed by atoms with Gasteiger partial charge in [-0.1, -0.05) is 24.3 Å². The van der Waals surface area contributed by atoms with E-state index in [4.69, 9.17) is 4.74 Å². The molecule has 0 aromatic heterocycles. The van der Waals surface area contributed by atoms with Crippen molar-refractivity contribution in [2.24, 2.45) is 4.99 Å². The van der Waals surface area contributed by atoms with Crippen LogP contribution in [0, 0.1) is 0 Å². The highest BCUT2D eigenvalue weighted by Crippen LogP contribution is 2.10. The lowest BCUT2D eigenvalue weighted by molar-refractivity contribution is 0.0342. The number of hydrogen-bond acceptors (Lipinski definition) is 3. The van der Waals surface area contributed by atoms with E-state index in [9.17, 15) is 0 Å². The number of nitrogens with one attached hydrogen (secondary N) is 2. The summed E-state index contributed by atoms with van der Waals surface area (Å²) in [6.45, 7) is 12.6. The number of aliphatic imine (C=N–C) groups is 1. The monoisotopic (exact) mass is 318 g/mol. The lowest BCUT2D eigenvalue weighted by atomic mass is 10.1. The molecule has 1 aliphatic heterocycles. The number of ether oxygens (including phenoxy) is 1. The molecular formula is C18H30N4O. The van der Waals surface area contributed by atoms with Gasteiger partial charge >= 0.3 is 0 Å². The molecule has 0 radical (unpaired) electrons.